The van der Waals surface area contributed by atoms with Gasteiger partial charge in [-0.05, 0) is 61.6 Å². The summed E-state index contributed by atoms with van der Waals surface area (Å²) < 4.78 is 15.2. The number of amides is 2. The van der Waals surface area contributed by atoms with Crippen molar-refractivity contribution in [2.24, 2.45) is 18.9 Å². The molecule has 36 heavy (non-hydrogen) atoms. The second kappa shape index (κ2) is 9.85. The lowest BCUT2D eigenvalue weighted by atomic mass is 9.92. The Hall–Kier alpha value is -2.93. The summed E-state index contributed by atoms with van der Waals surface area (Å²) >= 11 is 5.85. The lowest BCUT2D eigenvalue weighted by Crippen LogP contribution is -2.46. The highest BCUT2D eigenvalue weighted by molar-refractivity contribution is 6.31. The monoisotopic (exact) mass is 513 g/mol. The van der Waals surface area contributed by atoms with Gasteiger partial charge >= 0.3 is 0 Å². The molecule has 3 fully saturated rings. The third-order valence-electron chi connectivity index (χ3n) is 7.59. The van der Waals surface area contributed by atoms with Crippen molar-refractivity contribution in [2.75, 3.05) is 31.5 Å². The Kier molecular flexibility index (Phi) is 6.77. The van der Waals surface area contributed by atoms with Crippen LogP contribution in [0.1, 0.15) is 47.8 Å². The van der Waals surface area contributed by atoms with Crippen LogP contribution in [-0.2, 0) is 11.8 Å². The summed E-state index contributed by atoms with van der Waals surface area (Å²) in [6, 6.07) is 4.05. The predicted molar refractivity (Wildman–Crippen MR) is 133 cm³/mol. The van der Waals surface area contributed by atoms with E-state index in [0.717, 1.165) is 31.6 Å². The second-order valence-electron chi connectivity index (χ2n) is 10.1. The fraction of sp³-hybridized carbons (Fsp3) is 0.500. The van der Waals surface area contributed by atoms with Crippen LogP contribution in [0.25, 0.3) is 0 Å². The van der Waals surface area contributed by atoms with Gasteiger partial charge in [0.15, 0.2) is 0 Å². The third-order valence-corrected chi connectivity index (χ3v) is 7.88. The number of piperazine rings is 1. The molecular formula is C26H29ClFN5O3. The molecule has 2 heterocycles. The Bertz CT molecular complexity index is 1230. The first-order chi connectivity index (χ1) is 17.2. The maximum absolute atomic E-state index is 13.5. The minimum Gasteiger partial charge on any atom is -0.378 e. The maximum Gasteiger partial charge on any atom is 0.298 e. The molecule has 2 aromatic rings. The van der Waals surface area contributed by atoms with Gasteiger partial charge in [0, 0.05) is 44.8 Å². The molecule has 2 amide bonds. The van der Waals surface area contributed by atoms with Crippen molar-refractivity contribution in [3.8, 4) is 11.8 Å². The minimum absolute atomic E-state index is 0.0631. The highest BCUT2D eigenvalue weighted by atomic mass is 35.5. The average Bonchev–Trinajstić information content (AvgIpc) is 3.51. The maximum atomic E-state index is 13.5. The summed E-state index contributed by atoms with van der Waals surface area (Å²) in [4.78, 5) is 31.7. The number of benzene rings is 1. The number of carbonyl (C=O) groups is 2. The molecule has 5 rings (SSSR count). The third kappa shape index (κ3) is 4.99. The molecule has 1 saturated heterocycles. The average molecular weight is 514 g/mol. The molecule has 3 aliphatic rings. The Balaban J connectivity index is 1.24. The topological polar surface area (TPSA) is 99.5 Å². The Morgan fingerprint density at radius 1 is 1.25 bits per heavy atom. The number of nitrogens with one attached hydrogen (secondary N) is 2. The van der Waals surface area contributed by atoms with Gasteiger partial charge in [-0.15, -0.1) is 0 Å². The van der Waals surface area contributed by atoms with E-state index in [1.807, 2.05) is 0 Å². The Morgan fingerprint density at radius 3 is 2.61 bits per heavy atom. The van der Waals surface area contributed by atoms with Crippen LogP contribution >= 0.6 is 11.6 Å². The molecule has 2 atom stereocenters. The molecule has 1 aromatic carbocycles. The molecule has 1 aromatic heterocycles. The van der Waals surface area contributed by atoms with Gasteiger partial charge in [-0.2, -0.15) is 0 Å². The van der Waals surface area contributed by atoms with Gasteiger partial charge in [-0.1, -0.05) is 17.5 Å². The quantitative estimate of drug-likeness (QED) is 0.548. The van der Waals surface area contributed by atoms with Crippen LogP contribution in [0.2, 0.25) is 5.02 Å². The molecule has 0 spiro atoms. The fourth-order valence-electron chi connectivity index (χ4n) is 5.89. The summed E-state index contributed by atoms with van der Waals surface area (Å²) in [7, 11) is 1.77. The molecule has 10 heteroatoms. The van der Waals surface area contributed by atoms with Crippen molar-refractivity contribution in [2.45, 2.75) is 37.2 Å². The predicted octanol–water partition coefficient (Wildman–Crippen LogP) is 2.53. The normalized spacial score (nSPS) is 27.3. The van der Waals surface area contributed by atoms with Gasteiger partial charge in [0.05, 0.1) is 17.0 Å². The van der Waals surface area contributed by atoms with Crippen molar-refractivity contribution in [1.29, 1.82) is 0 Å². The number of imidazole rings is 1. The number of nitrogens with zero attached hydrogens (tertiary/aromatic N) is 3. The van der Waals surface area contributed by atoms with Gasteiger partial charge in [-0.25, -0.2) is 9.37 Å². The number of hydrogen-bond acceptors (Lipinski definition) is 5. The first-order valence-corrected chi connectivity index (χ1v) is 12.6. The summed E-state index contributed by atoms with van der Waals surface area (Å²) in [6.07, 6.45) is 4.23. The van der Waals surface area contributed by atoms with Crippen LogP contribution in [0, 0.1) is 29.5 Å². The second-order valence-corrected chi connectivity index (χ2v) is 10.5. The Morgan fingerprint density at radius 2 is 1.94 bits per heavy atom. The molecular weight excluding hydrogens is 485 g/mol. The lowest BCUT2D eigenvalue weighted by Gasteiger charge is -2.25. The molecule has 2 aliphatic carbocycles. The van der Waals surface area contributed by atoms with E-state index in [-0.39, 0.29) is 34.6 Å². The van der Waals surface area contributed by atoms with E-state index < -0.39 is 11.4 Å². The number of rotatable bonds is 3. The number of aliphatic hydroxyl groups is 1. The van der Waals surface area contributed by atoms with Crippen molar-refractivity contribution < 1.29 is 19.1 Å². The largest absolute Gasteiger partial charge is 0.378 e. The van der Waals surface area contributed by atoms with E-state index in [9.17, 15) is 19.1 Å². The van der Waals surface area contributed by atoms with E-state index in [2.05, 4.69) is 27.5 Å². The molecule has 0 bridgehead atoms. The molecule has 2 unspecified atom stereocenters. The SMILES string of the molecule is Cn1cnc(C2CC3CC(O)(C#CC(=O)N4CCNCC4)CC3C2)c1C(=O)Nc1ccc(F)c(Cl)c1. The van der Waals surface area contributed by atoms with Crippen LogP contribution in [0.3, 0.4) is 0 Å². The smallest absolute Gasteiger partial charge is 0.298 e. The summed E-state index contributed by atoms with van der Waals surface area (Å²) in [6.45, 7) is 2.78. The van der Waals surface area contributed by atoms with Crippen molar-refractivity contribution >= 4 is 29.1 Å². The zero-order valence-electron chi connectivity index (χ0n) is 20.1. The standard InChI is InChI=1S/C26H29ClFN5O3/c1-32-15-30-23(24(32)25(35)31-19-2-3-21(28)20(27)12-19)16-10-17-13-26(36,14-18(17)11-16)5-4-22(34)33-8-6-29-7-9-33/h2-3,12,15-18,29,36H,6-11,13-14H2,1H3,(H,31,35). The molecule has 190 valence electrons. The van der Waals surface area contributed by atoms with Crippen LogP contribution in [0.15, 0.2) is 24.5 Å². The van der Waals surface area contributed by atoms with Gasteiger partial charge < -0.3 is 25.2 Å². The van der Waals surface area contributed by atoms with Crippen molar-refractivity contribution in [3.05, 3.63) is 46.8 Å². The van der Waals surface area contributed by atoms with Gasteiger partial charge in [-0.3, -0.25) is 9.59 Å². The first kappa shape index (κ1) is 24.8. The highest BCUT2D eigenvalue weighted by Gasteiger charge is 2.49. The molecule has 3 N–H and O–H groups in total. The van der Waals surface area contributed by atoms with E-state index >= 15 is 0 Å². The molecule has 2 saturated carbocycles. The zero-order chi connectivity index (χ0) is 25.4. The zero-order valence-corrected chi connectivity index (χ0v) is 20.8. The first-order valence-electron chi connectivity index (χ1n) is 12.3. The molecule has 1 aliphatic heterocycles. The van der Waals surface area contributed by atoms with Crippen molar-refractivity contribution in [1.82, 2.24) is 19.8 Å². The lowest BCUT2D eigenvalue weighted by molar-refractivity contribution is -0.125. The van der Waals surface area contributed by atoms with Crippen LogP contribution in [0.5, 0.6) is 0 Å². The fourth-order valence-corrected chi connectivity index (χ4v) is 6.07. The number of carbonyl (C=O) groups excluding carboxylic acids is 2. The summed E-state index contributed by atoms with van der Waals surface area (Å²) in [5.74, 6) is 5.03. The number of anilines is 1. The van der Waals surface area contributed by atoms with Crippen molar-refractivity contribution in [3.63, 3.8) is 0 Å². The number of halogens is 2. The molecule has 8 nitrogen and oxygen atoms in total. The van der Waals surface area contributed by atoms with E-state index in [1.165, 1.54) is 18.2 Å². The van der Waals surface area contributed by atoms with E-state index in [4.69, 9.17) is 11.6 Å². The van der Waals surface area contributed by atoms with Crippen LogP contribution in [-0.4, -0.2) is 63.2 Å². The van der Waals surface area contributed by atoms with E-state index in [1.54, 1.807) is 22.8 Å². The number of aromatic nitrogens is 2. The summed E-state index contributed by atoms with van der Waals surface area (Å²) in [5, 5.41) is 17.0. The number of fused-ring (bicyclic) bond motifs is 1. The van der Waals surface area contributed by atoms with Gasteiger partial charge in [0.25, 0.3) is 11.8 Å². The van der Waals surface area contributed by atoms with Crippen LogP contribution in [0.4, 0.5) is 10.1 Å². The van der Waals surface area contributed by atoms with E-state index in [0.29, 0.717) is 37.3 Å². The van der Waals surface area contributed by atoms with Gasteiger partial charge in [0.2, 0.25) is 0 Å². The van der Waals surface area contributed by atoms with Gasteiger partial charge in [0.1, 0.15) is 17.1 Å². The number of hydrogen-bond donors (Lipinski definition) is 3. The number of aryl methyl sites for hydroxylation is 1. The molecule has 0 radical (unpaired) electrons. The summed E-state index contributed by atoms with van der Waals surface area (Å²) in [5.41, 5.74) is 0.426. The minimum atomic E-state index is -1.16. The highest BCUT2D eigenvalue weighted by Crippen LogP contribution is 2.53. The Labute approximate surface area is 214 Å². The van der Waals surface area contributed by atoms with Crippen LogP contribution < -0.4 is 10.6 Å².